The van der Waals surface area contributed by atoms with Gasteiger partial charge >= 0.3 is 7.25 Å². The zero-order chi connectivity index (χ0) is 10.2. The molecule has 0 fully saturated rings. The highest BCUT2D eigenvalue weighted by molar-refractivity contribution is 6.50. The van der Waals surface area contributed by atoms with Gasteiger partial charge in [0, 0.05) is 0 Å². The molecule has 0 atom stereocenters. The maximum atomic E-state index is 9.75. The molecule has 0 amide bonds. The van der Waals surface area contributed by atoms with Crippen molar-refractivity contribution in [2.75, 3.05) is 0 Å². The van der Waals surface area contributed by atoms with Crippen LogP contribution in [0.25, 0.3) is 0 Å². The molecule has 0 N–H and O–H groups in total. The normalized spacial score (nSPS) is 11.0. The lowest BCUT2D eigenvalue weighted by atomic mass is 10.0. The van der Waals surface area contributed by atoms with Crippen LogP contribution in [0.5, 0.6) is 0 Å². The molecule has 0 aliphatic heterocycles. The van der Waals surface area contributed by atoms with Gasteiger partial charge in [-0.2, -0.15) is 0 Å². The minimum Gasteiger partial charge on any atom is -0.418 e. The fourth-order valence-corrected chi connectivity index (χ4v) is 0.866. The lowest BCUT2D eigenvalue weighted by molar-refractivity contribution is 0.368. The molecule has 0 nitrogen and oxygen atoms in total. The Bertz CT molecular complexity index is 76.4. The van der Waals surface area contributed by atoms with Gasteiger partial charge in [-0.3, -0.25) is 0 Å². The molecular formula is C7H16BF4-. The van der Waals surface area contributed by atoms with Gasteiger partial charge in [0.2, 0.25) is 0 Å². The maximum Gasteiger partial charge on any atom is 0.673 e. The summed E-state index contributed by atoms with van der Waals surface area (Å²) in [5, 5.41) is 0. The van der Waals surface area contributed by atoms with E-state index in [0.29, 0.717) is 0 Å². The van der Waals surface area contributed by atoms with Crippen LogP contribution in [0.15, 0.2) is 0 Å². The maximum absolute atomic E-state index is 9.75. The van der Waals surface area contributed by atoms with E-state index < -0.39 is 7.25 Å². The molecule has 0 aliphatic rings. The molecule has 0 heterocycles. The quantitative estimate of drug-likeness (QED) is 0.460. The number of halogens is 4. The van der Waals surface area contributed by atoms with Gasteiger partial charge in [-0.1, -0.05) is 40.0 Å². The van der Waals surface area contributed by atoms with E-state index in [1.54, 1.807) is 0 Å². The smallest absolute Gasteiger partial charge is 0.418 e. The Balaban J connectivity index is 0. The van der Waals surface area contributed by atoms with Gasteiger partial charge in [-0.25, -0.2) is 0 Å². The first kappa shape index (κ1) is 14.3. The Morgan fingerprint density at radius 3 is 1.00 bits per heavy atom. The Morgan fingerprint density at radius 2 is 1.00 bits per heavy atom. The highest BCUT2D eigenvalue weighted by Gasteiger charge is 2.20. The van der Waals surface area contributed by atoms with Crippen LogP contribution in [0.1, 0.15) is 40.0 Å². The Labute approximate surface area is 71.5 Å². The van der Waals surface area contributed by atoms with Crippen molar-refractivity contribution in [3.8, 4) is 0 Å². The van der Waals surface area contributed by atoms with Crippen molar-refractivity contribution in [1.82, 2.24) is 0 Å². The second-order valence-electron chi connectivity index (χ2n) is 2.59. The minimum atomic E-state index is -6.00. The summed E-state index contributed by atoms with van der Waals surface area (Å²) in [6.45, 7) is 6.78. The van der Waals surface area contributed by atoms with E-state index in [-0.39, 0.29) is 0 Å². The fraction of sp³-hybridized carbons (Fsp3) is 1.00. The molecule has 0 saturated heterocycles. The largest absolute Gasteiger partial charge is 0.673 e. The van der Waals surface area contributed by atoms with Crippen LogP contribution in [0.4, 0.5) is 17.3 Å². The average molecular weight is 187 g/mol. The molecular weight excluding hydrogens is 171 g/mol. The lowest BCUT2D eigenvalue weighted by Crippen LogP contribution is -2.02. The summed E-state index contributed by atoms with van der Waals surface area (Å²) in [5.41, 5.74) is 0. The molecule has 0 bridgehead atoms. The molecule has 76 valence electrons. The summed E-state index contributed by atoms with van der Waals surface area (Å²) in [7, 11) is -6.00. The van der Waals surface area contributed by atoms with Crippen molar-refractivity contribution in [1.29, 1.82) is 0 Å². The summed E-state index contributed by atoms with van der Waals surface area (Å²) in [6.07, 6.45) is 4.06. The van der Waals surface area contributed by atoms with E-state index in [9.17, 15) is 17.3 Å². The third-order valence-electron chi connectivity index (χ3n) is 1.73. The zero-order valence-electron chi connectivity index (χ0n) is 7.79. The standard InChI is InChI=1S/C7H16.BF4/c1-4-7(5-2)6-3;2-1(3,4)5/h7H,4-6H2,1-3H3;/q;-1. The first-order valence-corrected chi connectivity index (χ1v) is 4.22. The molecule has 0 unspecified atom stereocenters. The van der Waals surface area contributed by atoms with E-state index in [2.05, 4.69) is 20.8 Å². The third-order valence-corrected chi connectivity index (χ3v) is 1.73. The van der Waals surface area contributed by atoms with Crippen LogP contribution in [0, 0.1) is 5.92 Å². The van der Waals surface area contributed by atoms with E-state index in [4.69, 9.17) is 0 Å². The van der Waals surface area contributed by atoms with Crippen LogP contribution in [-0.4, -0.2) is 7.25 Å². The van der Waals surface area contributed by atoms with Crippen LogP contribution >= 0.6 is 0 Å². The highest BCUT2D eigenvalue weighted by Crippen LogP contribution is 2.10. The summed E-state index contributed by atoms with van der Waals surface area (Å²) in [4.78, 5) is 0. The van der Waals surface area contributed by atoms with Crippen molar-refractivity contribution in [2.24, 2.45) is 5.92 Å². The van der Waals surface area contributed by atoms with Gasteiger partial charge in [0.15, 0.2) is 0 Å². The van der Waals surface area contributed by atoms with Crippen LogP contribution in [-0.2, 0) is 0 Å². The van der Waals surface area contributed by atoms with Crippen molar-refractivity contribution < 1.29 is 17.3 Å². The molecule has 0 aromatic carbocycles. The van der Waals surface area contributed by atoms with Gasteiger partial charge in [0.05, 0.1) is 0 Å². The first-order chi connectivity index (χ1) is 5.35. The van der Waals surface area contributed by atoms with Crippen molar-refractivity contribution in [2.45, 2.75) is 40.0 Å². The van der Waals surface area contributed by atoms with Gasteiger partial charge < -0.3 is 17.3 Å². The third kappa shape index (κ3) is 22.6. The summed E-state index contributed by atoms with van der Waals surface area (Å²) < 4.78 is 39.0. The highest BCUT2D eigenvalue weighted by atomic mass is 19.5. The molecule has 0 aliphatic carbocycles. The SMILES string of the molecule is CCC(CC)CC.F[B-](F)(F)F. The van der Waals surface area contributed by atoms with Gasteiger partial charge in [0.25, 0.3) is 0 Å². The molecule has 0 aromatic rings. The molecule has 0 saturated carbocycles. The van der Waals surface area contributed by atoms with Crippen LogP contribution in [0.2, 0.25) is 0 Å². The van der Waals surface area contributed by atoms with E-state index in [1.165, 1.54) is 19.3 Å². The molecule has 5 heteroatoms. The van der Waals surface area contributed by atoms with E-state index in [1.807, 2.05) is 0 Å². The molecule has 12 heavy (non-hydrogen) atoms. The minimum absolute atomic E-state index is 0.986. The van der Waals surface area contributed by atoms with E-state index in [0.717, 1.165) is 5.92 Å². The van der Waals surface area contributed by atoms with Crippen molar-refractivity contribution in [3.05, 3.63) is 0 Å². The lowest BCUT2D eigenvalue weighted by Gasteiger charge is -2.05. The van der Waals surface area contributed by atoms with Crippen molar-refractivity contribution in [3.63, 3.8) is 0 Å². The van der Waals surface area contributed by atoms with Crippen LogP contribution < -0.4 is 0 Å². The molecule has 0 radical (unpaired) electrons. The van der Waals surface area contributed by atoms with Crippen LogP contribution in [0.3, 0.4) is 0 Å². The van der Waals surface area contributed by atoms with Gasteiger partial charge in [-0.05, 0) is 5.92 Å². The number of hydrogen-bond donors (Lipinski definition) is 0. The second kappa shape index (κ2) is 7.43. The predicted molar refractivity (Wildman–Crippen MR) is 44.5 cm³/mol. The summed E-state index contributed by atoms with van der Waals surface area (Å²) in [6, 6.07) is 0. The van der Waals surface area contributed by atoms with Crippen molar-refractivity contribution >= 4 is 7.25 Å². The van der Waals surface area contributed by atoms with Gasteiger partial charge in [-0.15, -0.1) is 0 Å². The Hall–Kier alpha value is -0.215. The monoisotopic (exact) mass is 187 g/mol. The Morgan fingerprint density at radius 1 is 0.833 bits per heavy atom. The molecule has 0 aromatic heterocycles. The van der Waals surface area contributed by atoms with Gasteiger partial charge in [0.1, 0.15) is 0 Å². The number of rotatable bonds is 3. The molecule has 0 spiro atoms. The average Bonchev–Trinajstić information content (AvgIpc) is 1.88. The Kier molecular flexibility index (Phi) is 8.87. The van der Waals surface area contributed by atoms with E-state index >= 15 is 0 Å². The zero-order valence-corrected chi connectivity index (χ0v) is 7.79. The predicted octanol–water partition coefficient (Wildman–Crippen LogP) is 4.13. The number of hydrogen-bond acceptors (Lipinski definition) is 0. The topological polar surface area (TPSA) is 0 Å². The summed E-state index contributed by atoms with van der Waals surface area (Å²) >= 11 is 0. The summed E-state index contributed by atoms with van der Waals surface area (Å²) in [5.74, 6) is 0.986. The first-order valence-electron chi connectivity index (χ1n) is 4.22. The second-order valence-corrected chi connectivity index (χ2v) is 2.59. The molecule has 0 rings (SSSR count). The fourth-order valence-electron chi connectivity index (χ4n) is 0.866.